The minimum atomic E-state index is -0.615. The van der Waals surface area contributed by atoms with E-state index in [2.05, 4.69) is 36.0 Å². The van der Waals surface area contributed by atoms with Crippen molar-refractivity contribution >= 4 is 39.7 Å². The number of halogens is 1. The molecule has 2 aromatic rings. The SMILES string of the molecule is COC(=O)NCC(=O)N1CC(SC)CC1c1ncc(-c2ccc(Br)cc2)[nH]1. The Morgan fingerprint density at radius 1 is 1.41 bits per heavy atom. The molecule has 144 valence electrons. The maximum absolute atomic E-state index is 12.6. The van der Waals surface area contributed by atoms with Crippen LogP contribution in [0.5, 0.6) is 0 Å². The highest BCUT2D eigenvalue weighted by atomic mass is 79.9. The predicted octanol–water partition coefficient (Wildman–Crippen LogP) is 3.20. The van der Waals surface area contributed by atoms with Crippen LogP contribution in [0.1, 0.15) is 18.3 Å². The Labute approximate surface area is 170 Å². The molecule has 27 heavy (non-hydrogen) atoms. The van der Waals surface area contributed by atoms with Gasteiger partial charge in [-0.25, -0.2) is 9.78 Å². The van der Waals surface area contributed by atoms with Gasteiger partial charge >= 0.3 is 6.09 Å². The van der Waals surface area contributed by atoms with E-state index in [4.69, 9.17) is 0 Å². The number of nitrogens with zero attached hydrogens (tertiary/aromatic N) is 2. The summed E-state index contributed by atoms with van der Waals surface area (Å²) in [5, 5.41) is 2.79. The Morgan fingerprint density at radius 3 is 2.81 bits per heavy atom. The van der Waals surface area contributed by atoms with Gasteiger partial charge in [0.15, 0.2) is 0 Å². The van der Waals surface area contributed by atoms with Crippen LogP contribution in [0.4, 0.5) is 4.79 Å². The van der Waals surface area contributed by atoms with Crippen molar-refractivity contribution in [2.75, 3.05) is 26.5 Å². The average molecular weight is 453 g/mol. The maximum Gasteiger partial charge on any atom is 0.407 e. The molecule has 2 amide bonds. The predicted molar refractivity (Wildman–Crippen MR) is 109 cm³/mol. The van der Waals surface area contributed by atoms with Gasteiger partial charge in [0.1, 0.15) is 12.4 Å². The van der Waals surface area contributed by atoms with Crippen LogP contribution in [0, 0.1) is 0 Å². The number of carbonyl (C=O) groups excluding carboxylic acids is 2. The first-order valence-electron chi connectivity index (χ1n) is 8.46. The summed E-state index contributed by atoms with van der Waals surface area (Å²) in [5.74, 6) is 0.611. The van der Waals surface area contributed by atoms with Crippen molar-refractivity contribution in [2.45, 2.75) is 17.7 Å². The van der Waals surface area contributed by atoms with Crippen molar-refractivity contribution in [1.82, 2.24) is 20.2 Å². The number of alkyl carbamates (subject to hydrolysis) is 1. The molecule has 1 aliphatic rings. The summed E-state index contributed by atoms with van der Waals surface area (Å²) in [5.41, 5.74) is 1.94. The number of ether oxygens (including phenoxy) is 1. The lowest BCUT2D eigenvalue weighted by atomic mass is 10.2. The maximum atomic E-state index is 12.6. The number of hydrogen-bond donors (Lipinski definition) is 2. The van der Waals surface area contributed by atoms with Crippen molar-refractivity contribution in [3.8, 4) is 11.3 Å². The number of nitrogens with one attached hydrogen (secondary N) is 2. The molecule has 1 aromatic carbocycles. The molecule has 1 aromatic heterocycles. The Morgan fingerprint density at radius 2 is 2.15 bits per heavy atom. The highest BCUT2D eigenvalue weighted by molar-refractivity contribution is 9.10. The molecule has 1 aliphatic heterocycles. The van der Waals surface area contributed by atoms with Gasteiger partial charge in [0.2, 0.25) is 5.91 Å². The molecule has 0 spiro atoms. The summed E-state index contributed by atoms with van der Waals surface area (Å²) in [6.45, 7) is 0.534. The lowest BCUT2D eigenvalue weighted by Gasteiger charge is -2.23. The van der Waals surface area contributed by atoms with E-state index in [1.165, 1.54) is 7.11 Å². The molecular weight excluding hydrogens is 432 g/mol. The van der Waals surface area contributed by atoms with E-state index < -0.39 is 6.09 Å². The highest BCUT2D eigenvalue weighted by Crippen LogP contribution is 2.36. The minimum absolute atomic E-state index is 0.0927. The van der Waals surface area contributed by atoms with Crippen LogP contribution in [-0.4, -0.2) is 58.6 Å². The number of likely N-dealkylation sites (tertiary alicyclic amines) is 1. The van der Waals surface area contributed by atoms with E-state index in [1.54, 1.807) is 22.9 Å². The fraction of sp³-hybridized carbons (Fsp3) is 0.389. The Kier molecular flexibility index (Phi) is 6.43. The lowest BCUT2D eigenvalue weighted by Crippen LogP contribution is -2.40. The second-order valence-corrected chi connectivity index (χ2v) is 8.24. The van der Waals surface area contributed by atoms with Crippen LogP contribution < -0.4 is 5.32 Å². The van der Waals surface area contributed by atoms with Gasteiger partial charge in [0.05, 0.1) is 25.0 Å². The first kappa shape index (κ1) is 19.8. The fourth-order valence-electron chi connectivity index (χ4n) is 3.11. The molecule has 0 radical (unpaired) electrons. The van der Waals surface area contributed by atoms with Gasteiger partial charge in [-0.2, -0.15) is 11.8 Å². The monoisotopic (exact) mass is 452 g/mol. The number of hydrogen-bond acceptors (Lipinski definition) is 5. The van der Waals surface area contributed by atoms with Gasteiger partial charge in [-0.15, -0.1) is 0 Å². The normalized spacial score (nSPS) is 19.1. The van der Waals surface area contributed by atoms with E-state index in [0.717, 1.165) is 28.0 Å². The van der Waals surface area contributed by atoms with Gasteiger partial charge in [-0.05, 0) is 30.4 Å². The second-order valence-electron chi connectivity index (χ2n) is 6.19. The molecule has 1 saturated heterocycles. The quantitative estimate of drug-likeness (QED) is 0.726. The van der Waals surface area contributed by atoms with Crippen molar-refractivity contribution in [3.05, 3.63) is 40.8 Å². The molecular formula is C18H21BrN4O3S. The Balaban J connectivity index is 1.77. The second kappa shape index (κ2) is 8.79. The number of rotatable bonds is 5. The van der Waals surface area contributed by atoms with Gasteiger partial charge in [-0.3, -0.25) is 4.79 Å². The number of methoxy groups -OCH3 is 1. The van der Waals surface area contributed by atoms with Crippen molar-refractivity contribution in [2.24, 2.45) is 0 Å². The summed E-state index contributed by atoms with van der Waals surface area (Å²) >= 11 is 5.17. The van der Waals surface area contributed by atoms with E-state index in [-0.39, 0.29) is 18.5 Å². The highest BCUT2D eigenvalue weighted by Gasteiger charge is 2.37. The average Bonchev–Trinajstić information content (AvgIpc) is 3.33. The third-order valence-electron chi connectivity index (χ3n) is 4.55. The molecule has 0 bridgehead atoms. The standard InChI is InChI=1S/C18H21BrN4O3S/c1-26-18(25)21-9-16(24)23-10-13(27-2)7-15(23)17-20-8-14(22-17)11-3-5-12(19)6-4-11/h3-6,8,13,15H,7,9-10H2,1-2H3,(H,20,22)(H,21,25). The van der Waals surface area contributed by atoms with Crippen LogP contribution in [0.2, 0.25) is 0 Å². The van der Waals surface area contributed by atoms with E-state index in [1.807, 2.05) is 30.5 Å². The smallest absolute Gasteiger partial charge is 0.407 e. The first-order valence-corrected chi connectivity index (χ1v) is 10.5. The van der Waals surface area contributed by atoms with Gasteiger partial charge in [0, 0.05) is 16.3 Å². The zero-order valence-corrected chi connectivity index (χ0v) is 17.5. The molecule has 1 fully saturated rings. The number of benzene rings is 1. The first-order chi connectivity index (χ1) is 13.0. The summed E-state index contributed by atoms with van der Waals surface area (Å²) in [6, 6.07) is 7.82. The van der Waals surface area contributed by atoms with Crippen LogP contribution in [-0.2, 0) is 9.53 Å². The van der Waals surface area contributed by atoms with Gasteiger partial charge in [-0.1, -0.05) is 28.1 Å². The van der Waals surface area contributed by atoms with Crippen molar-refractivity contribution in [3.63, 3.8) is 0 Å². The number of aromatic nitrogens is 2. The van der Waals surface area contributed by atoms with Crippen molar-refractivity contribution < 1.29 is 14.3 Å². The molecule has 3 rings (SSSR count). The number of imidazole rings is 1. The van der Waals surface area contributed by atoms with Gasteiger partial charge < -0.3 is 19.9 Å². The van der Waals surface area contributed by atoms with E-state index >= 15 is 0 Å². The zero-order chi connectivity index (χ0) is 19.4. The summed E-state index contributed by atoms with van der Waals surface area (Å²) in [4.78, 5) is 33.5. The van der Waals surface area contributed by atoms with Crippen LogP contribution in [0.25, 0.3) is 11.3 Å². The molecule has 2 heterocycles. The van der Waals surface area contributed by atoms with Gasteiger partial charge in [0.25, 0.3) is 0 Å². The summed E-state index contributed by atoms with van der Waals surface area (Å²) < 4.78 is 5.54. The molecule has 9 heteroatoms. The van der Waals surface area contributed by atoms with E-state index in [9.17, 15) is 9.59 Å². The topological polar surface area (TPSA) is 87.3 Å². The number of aromatic amines is 1. The Bertz CT molecular complexity index is 811. The van der Waals surface area contributed by atoms with E-state index in [0.29, 0.717) is 11.8 Å². The lowest BCUT2D eigenvalue weighted by molar-refractivity contribution is -0.131. The molecule has 2 unspecified atom stereocenters. The molecule has 7 nitrogen and oxygen atoms in total. The fourth-order valence-corrected chi connectivity index (χ4v) is 4.06. The third-order valence-corrected chi connectivity index (χ3v) is 6.09. The molecule has 2 N–H and O–H groups in total. The van der Waals surface area contributed by atoms with Crippen LogP contribution in [0.3, 0.4) is 0 Å². The van der Waals surface area contributed by atoms with Crippen LogP contribution in [0.15, 0.2) is 34.9 Å². The molecule has 0 aliphatic carbocycles. The molecule has 2 atom stereocenters. The minimum Gasteiger partial charge on any atom is -0.453 e. The molecule has 0 saturated carbocycles. The number of thioether (sulfide) groups is 1. The summed E-state index contributed by atoms with van der Waals surface area (Å²) in [6.07, 6.45) is 4.03. The zero-order valence-electron chi connectivity index (χ0n) is 15.1. The number of carbonyl (C=O) groups is 2. The third kappa shape index (κ3) is 4.65. The largest absolute Gasteiger partial charge is 0.453 e. The van der Waals surface area contributed by atoms with Crippen molar-refractivity contribution in [1.29, 1.82) is 0 Å². The van der Waals surface area contributed by atoms with Crippen LogP contribution >= 0.6 is 27.7 Å². The summed E-state index contributed by atoms with van der Waals surface area (Å²) in [7, 11) is 1.27. The number of amides is 2. The Hall–Kier alpha value is -2.00. The number of H-pyrrole nitrogens is 1.